The van der Waals surface area contributed by atoms with E-state index in [1.165, 1.54) is 11.1 Å². The monoisotopic (exact) mass is 227 g/mol. The van der Waals surface area contributed by atoms with Crippen LogP contribution in [0.2, 0.25) is 5.02 Å². The highest BCUT2D eigenvalue weighted by Crippen LogP contribution is 2.31. The van der Waals surface area contributed by atoms with E-state index in [-0.39, 0.29) is 0 Å². The van der Waals surface area contributed by atoms with Crippen LogP contribution in [-0.4, -0.2) is 13.7 Å². The lowest BCUT2D eigenvalue weighted by atomic mass is 10.0. The Morgan fingerprint density at radius 1 is 1.33 bits per heavy atom. The van der Waals surface area contributed by atoms with Gasteiger partial charge in [-0.15, -0.1) is 0 Å². The van der Waals surface area contributed by atoms with Crippen LogP contribution < -0.4 is 10.5 Å². The Labute approximate surface area is 96.4 Å². The molecule has 1 aromatic rings. The summed E-state index contributed by atoms with van der Waals surface area (Å²) < 4.78 is 5.32. The van der Waals surface area contributed by atoms with Gasteiger partial charge in [0.15, 0.2) is 0 Å². The number of ether oxygens (including phenoxy) is 1. The number of hydrogen-bond donors (Lipinski definition) is 1. The van der Waals surface area contributed by atoms with Gasteiger partial charge in [-0.3, -0.25) is 0 Å². The summed E-state index contributed by atoms with van der Waals surface area (Å²) in [5.41, 5.74) is 7.91. The lowest BCUT2D eigenvalue weighted by Gasteiger charge is -2.12. The van der Waals surface area contributed by atoms with Crippen molar-refractivity contribution < 1.29 is 4.74 Å². The third-order valence-corrected chi connectivity index (χ3v) is 2.83. The first kappa shape index (κ1) is 12.3. The van der Waals surface area contributed by atoms with Crippen molar-refractivity contribution in [3.05, 3.63) is 28.3 Å². The molecule has 0 amide bonds. The van der Waals surface area contributed by atoms with E-state index in [1.807, 2.05) is 12.1 Å². The third-order valence-electron chi connectivity index (χ3n) is 2.53. The first-order valence-electron chi connectivity index (χ1n) is 5.22. The number of hydrogen-bond acceptors (Lipinski definition) is 2. The molecular formula is C12H18ClNO. The van der Waals surface area contributed by atoms with Gasteiger partial charge in [-0.2, -0.15) is 0 Å². The van der Waals surface area contributed by atoms with Gasteiger partial charge in [0.25, 0.3) is 0 Å². The van der Waals surface area contributed by atoms with Gasteiger partial charge < -0.3 is 10.5 Å². The summed E-state index contributed by atoms with van der Waals surface area (Å²) in [6.45, 7) is 2.82. The Morgan fingerprint density at radius 2 is 2.07 bits per heavy atom. The van der Waals surface area contributed by atoms with E-state index in [2.05, 4.69) is 6.92 Å². The lowest BCUT2D eigenvalue weighted by molar-refractivity contribution is 0.408. The lowest BCUT2D eigenvalue weighted by Crippen LogP contribution is -2.01. The van der Waals surface area contributed by atoms with Crippen molar-refractivity contribution in [3.63, 3.8) is 0 Å². The summed E-state index contributed by atoms with van der Waals surface area (Å²) in [7, 11) is 1.66. The molecule has 0 aliphatic heterocycles. The molecule has 1 rings (SSSR count). The summed E-state index contributed by atoms with van der Waals surface area (Å²) >= 11 is 6.06. The zero-order valence-corrected chi connectivity index (χ0v) is 10.1. The number of methoxy groups -OCH3 is 1. The van der Waals surface area contributed by atoms with E-state index < -0.39 is 0 Å². The molecule has 0 heterocycles. The highest BCUT2D eigenvalue weighted by molar-refractivity contribution is 6.32. The minimum atomic E-state index is 0.686. The summed E-state index contributed by atoms with van der Waals surface area (Å²) in [4.78, 5) is 0. The van der Waals surface area contributed by atoms with E-state index >= 15 is 0 Å². The third kappa shape index (κ3) is 3.11. The van der Waals surface area contributed by atoms with Crippen molar-refractivity contribution in [2.24, 2.45) is 5.73 Å². The first-order valence-corrected chi connectivity index (χ1v) is 5.60. The van der Waals surface area contributed by atoms with Crippen LogP contribution >= 0.6 is 11.6 Å². The molecule has 0 bridgehead atoms. The molecule has 0 spiro atoms. The van der Waals surface area contributed by atoms with Crippen LogP contribution in [0, 0.1) is 6.92 Å². The zero-order chi connectivity index (χ0) is 11.3. The molecule has 0 saturated heterocycles. The standard InChI is InChI=1S/C12H18ClNO/c1-9-6-7-11(13)12(15-2)10(9)5-3-4-8-14/h6-7H,3-5,8,14H2,1-2H3. The molecule has 3 heteroatoms. The fraction of sp³-hybridized carbons (Fsp3) is 0.500. The maximum absolute atomic E-state index is 6.06. The molecule has 0 fully saturated rings. The van der Waals surface area contributed by atoms with Crippen LogP contribution in [0.1, 0.15) is 24.0 Å². The predicted molar refractivity (Wildman–Crippen MR) is 64.7 cm³/mol. The molecular weight excluding hydrogens is 210 g/mol. The number of unbranched alkanes of at least 4 members (excludes halogenated alkanes) is 1. The minimum Gasteiger partial charge on any atom is -0.495 e. The molecule has 0 saturated carbocycles. The first-order chi connectivity index (χ1) is 7.20. The molecule has 0 atom stereocenters. The second kappa shape index (κ2) is 5.99. The molecule has 2 N–H and O–H groups in total. The van der Waals surface area contributed by atoms with Crippen LogP contribution in [0.5, 0.6) is 5.75 Å². The topological polar surface area (TPSA) is 35.2 Å². The van der Waals surface area contributed by atoms with Gasteiger partial charge in [0.2, 0.25) is 0 Å². The van der Waals surface area contributed by atoms with Crippen LogP contribution in [-0.2, 0) is 6.42 Å². The van der Waals surface area contributed by atoms with Crippen molar-refractivity contribution in [2.75, 3.05) is 13.7 Å². The molecule has 0 aromatic heterocycles. The van der Waals surface area contributed by atoms with E-state index in [0.717, 1.165) is 31.6 Å². The van der Waals surface area contributed by atoms with Gasteiger partial charge in [0.1, 0.15) is 5.75 Å². The maximum atomic E-state index is 6.06. The summed E-state index contributed by atoms with van der Waals surface area (Å²) in [6, 6.07) is 3.91. The molecule has 84 valence electrons. The van der Waals surface area contributed by atoms with Gasteiger partial charge >= 0.3 is 0 Å². The largest absolute Gasteiger partial charge is 0.495 e. The summed E-state index contributed by atoms with van der Waals surface area (Å²) in [5, 5.41) is 0.686. The second-order valence-corrected chi connectivity index (χ2v) is 4.03. The van der Waals surface area contributed by atoms with Gasteiger partial charge in [-0.25, -0.2) is 0 Å². The number of halogens is 1. The molecule has 2 nitrogen and oxygen atoms in total. The molecule has 0 unspecified atom stereocenters. The molecule has 0 radical (unpaired) electrons. The maximum Gasteiger partial charge on any atom is 0.140 e. The fourth-order valence-electron chi connectivity index (χ4n) is 1.68. The van der Waals surface area contributed by atoms with Gasteiger partial charge in [-0.05, 0) is 49.9 Å². The molecule has 0 aliphatic rings. The van der Waals surface area contributed by atoms with E-state index in [4.69, 9.17) is 22.1 Å². The van der Waals surface area contributed by atoms with Gasteiger partial charge in [0.05, 0.1) is 12.1 Å². The average Bonchev–Trinajstić information content (AvgIpc) is 2.23. The number of aryl methyl sites for hydroxylation is 1. The van der Waals surface area contributed by atoms with Crippen LogP contribution in [0.25, 0.3) is 0 Å². The molecule has 1 aromatic carbocycles. The quantitative estimate of drug-likeness (QED) is 0.785. The van der Waals surface area contributed by atoms with E-state index in [9.17, 15) is 0 Å². The van der Waals surface area contributed by atoms with Crippen molar-refractivity contribution in [3.8, 4) is 5.75 Å². The van der Waals surface area contributed by atoms with Crippen LogP contribution in [0.3, 0.4) is 0 Å². The van der Waals surface area contributed by atoms with Crippen molar-refractivity contribution >= 4 is 11.6 Å². The summed E-state index contributed by atoms with van der Waals surface area (Å²) in [6.07, 6.45) is 3.09. The Bertz CT molecular complexity index is 326. The van der Waals surface area contributed by atoms with Crippen LogP contribution in [0.4, 0.5) is 0 Å². The Morgan fingerprint density at radius 3 is 2.67 bits per heavy atom. The highest BCUT2D eigenvalue weighted by Gasteiger charge is 2.09. The number of nitrogens with two attached hydrogens (primary N) is 1. The zero-order valence-electron chi connectivity index (χ0n) is 9.35. The highest BCUT2D eigenvalue weighted by atomic mass is 35.5. The predicted octanol–water partition coefficient (Wildman–Crippen LogP) is 2.94. The smallest absolute Gasteiger partial charge is 0.140 e. The van der Waals surface area contributed by atoms with Crippen molar-refractivity contribution in [1.82, 2.24) is 0 Å². The van der Waals surface area contributed by atoms with E-state index in [1.54, 1.807) is 7.11 Å². The van der Waals surface area contributed by atoms with Crippen LogP contribution in [0.15, 0.2) is 12.1 Å². The van der Waals surface area contributed by atoms with Gasteiger partial charge in [-0.1, -0.05) is 17.7 Å². The minimum absolute atomic E-state index is 0.686. The number of benzene rings is 1. The molecule has 15 heavy (non-hydrogen) atoms. The van der Waals surface area contributed by atoms with Crippen molar-refractivity contribution in [2.45, 2.75) is 26.2 Å². The SMILES string of the molecule is COc1c(Cl)ccc(C)c1CCCCN. The molecule has 0 aliphatic carbocycles. The van der Waals surface area contributed by atoms with E-state index in [0.29, 0.717) is 5.02 Å². The fourth-order valence-corrected chi connectivity index (χ4v) is 1.93. The Balaban J connectivity index is 2.87. The summed E-state index contributed by atoms with van der Waals surface area (Å²) in [5.74, 6) is 0.814. The van der Waals surface area contributed by atoms with Gasteiger partial charge in [0, 0.05) is 0 Å². The second-order valence-electron chi connectivity index (χ2n) is 3.62. The normalized spacial score (nSPS) is 10.4. The Hall–Kier alpha value is -0.730. The number of rotatable bonds is 5. The van der Waals surface area contributed by atoms with Crippen molar-refractivity contribution in [1.29, 1.82) is 0 Å². The average molecular weight is 228 g/mol. The Kier molecular flexibility index (Phi) is 4.92.